The van der Waals surface area contributed by atoms with Crippen molar-refractivity contribution in [1.82, 2.24) is 19.7 Å². The molecule has 0 radical (unpaired) electrons. The zero-order valence-corrected chi connectivity index (χ0v) is 15.0. The average Bonchev–Trinajstić information content (AvgIpc) is 3.14. The van der Waals surface area contributed by atoms with Gasteiger partial charge in [-0.15, -0.1) is 21.5 Å². The van der Waals surface area contributed by atoms with E-state index in [4.69, 9.17) is 0 Å². The highest BCUT2D eigenvalue weighted by Gasteiger charge is 2.30. The maximum absolute atomic E-state index is 12.8. The van der Waals surface area contributed by atoms with Crippen molar-refractivity contribution in [3.8, 4) is 0 Å². The Kier molecular flexibility index (Phi) is 4.39. The number of amides is 1. The summed E-state index contributed by atoms with van der Waals surface area (Å²) < 4.78 is 2.34. The minimum Gasteiger partial charge on any atom is -0.337 e. The Balaban J connectivity index is 1.54. The molecule has 0 aromatic carbocycles. The third kappa shape index (κ3) is 2.88. The summed E-state index contributed by atoms with van der Waals surface area (Å²) in [5, 5.41) is 11.0. The molecule has 1 unspecified atom stereocenters. The van der Waals surface area contributed by atoms with Crippen LogP contribution in [0.3, 0.4) is 0 Å². The first kappa shape index (κ1) is 15.8. The van der Waals surface area contributed by atoms with Crippen molar-refractivity contribution < 1.29 is 4.79 Å². The minimum atomic E-state index is 0.183. The van der Waals surface area contributed by atoms with Crippen molar-refractivity contribution in [3.63, 3.8) is 0 Å². The summed E-state index contributed by atoms with van der Waals surface area (Å²) in [6, 6.07) is 2.03. The molecule has 128 valence electrons. The first-order valence-electron chi connectivity index (χ1n) is 8.99. The summed E-state index contributed by atoms with van der Waals surface area (Å²) in [6.07, 6.45) is 6.88. The van der Waals surface area contributed by atoms with E-state index in [2.05, 4.69) is 14.8 Å². The number of fused-ring (bicyclic) bond motifs is 1. The molecular weight excluding hydrogens is 320 g/mol. The van der Waals surface area contributed by atoms with Gasteiger partial charge in [0.25, 0.3) is 5.91 Å². The molecule has 2 aliphatic heterocycles. The number of aromatic nitrogens is 3. The lowest BCUT2D eigenvalue weighted by Crippen LogP contribution is -2.39. The molecule has 0 aliphatic carbocycles. The van der Waals surface area contributed by atoms with Crippen molar-refractivity contribution in [2.45, 2.75) is 57.9 Å². The molecule has 4 heterocycles. The Morgan fingerprint density at radius 2 is 2.12 bits per heavy atom. The summed E-state index contributed by atoms with van der Waals surface area (Å²) in [5.41, 5.74) is 1.09. The number of piperidine rings is 1. The van der Waals surface area contributed by atoms with Crippen LogP contribution in [-0.2, 0) is 13.0 Å². The van der Waals surface area contributed by atoms with Crippen molar-refractivity contribution in [1.29, 1.82) is 0 Å². The van der Waals surface area contributed by atoms with Gasteiger partial charge in [-0.3, -0.25) is 4.79 Å². The Morgan fingerprint density at radius 1 is 1.21 bits per heavy atom. The van der Waals surface area contributed by atoms with Crippen LogP contribution in [0.25, 0.3) is 0 Å². The molecule has 4 rings (SSSR count). The molecule has 2 aliphatic rings. The van der Waals surface area contributed by atoms with Crippen LogP contribution in [0.4, 0.5) is 0 Å². The number of hydrogen-bond acceptors (Lipinski definition) is 4. The van der Waals surface area contributed by atoms with Crippen LogP contribution in [0.1, 0.15) is 64.9 Å². The lowest BCUT2D eigenvalue weighted by atomic mass is 9.96. The average molecular weight is 344 g/mol. The van der Waals surface area contributed by atoms with Crippen LogP contribution in [0.15, 0.2) is 11.4 Å². The molecule has 1 amide bonds. The third-order valence-corrected chi connectivity index (χ3v) is 6.27. The summed E-state index contributed by atoms with van der Waals surface area (Å²) in [4.78, 5) is 15.7. The normalized spacial score (nSPS) is 21.4. The van der Waals surface area contributed by atoms with Gasteiger partial charge in [0.05, 0.1) is 4.88 Å². The Bertz CT molecular complexity index is 735. The molecule has 0 N–H and O–H groups in total. The van der Waals surface area contributed by atoms with E-state index < -0.39 is 0 Å². The van der Waals surface area contributed by atoms with Crippen LogP contribution in [-0.4, -0.2) is 38.7 Å². The fraction of sp³-hybridized carbons (Fsp3) is 0.611. The summed E-state index contributed by atoms with van der Waals surface area (Å²) in [7, 11) is 0. The molecule has 6 heteroatoms. The Labute approximate surface area is 146 Å². The van der Waals surface area contributed by atoms with Crippen LogP contribution in [0, 0.1) is 6.92 Å². The maximum atomic E-state index is 12.8. The number of likely N-dealkylation sites (tertiary alicyclic amines) is 1. The highest BCUT2D eigenvalue weighted by molar-refractivity contribution is 7.12. The Hall–Kier alpha value is -1.69. The van der Waals surface area contributed by atoms with Crippen LogP contribution >= 0.6 is 11.3 Å². The fourth-order valence-electron chi connectivity index (χ4n) is 3.92. The predicted molar refractivity (Wildman–Crippen MR) is 94.5 cm³/mol. The van der Waals surface area contributed by atoms with E-state index >= 15 is 0 Å². The predicted octanol–water partition coefficient (Wildman–Crippen LogP) is 3.39. The van der Waals surface area contributed by atoms with Gasteiger partial charge in [0.15, 0.2) is 0 Å². The van der Waals surface area contributed by atoms with E-state index in [1.165, 1.54) is 19.3 Å². The van der Waals surface area contributed by atoms with Crippen LogP contribution in [0.2, 0.25) is 0 Å². The fourth-order valence-corrected chi connectivity index (χ4v) is 4.81. The number of thiophene rings is 1. The zero-order valence-electron chi connectivity index (χ0n) is 14.2. The van der Waals surface area contributed by atoms with E-state index in [0.29, 0.717) is 5.92 Å². The maximum Gasteiger partial charge on any atom is 0.264 e. The SMILES string of the molecule is Cc1ccsc1C(=O)N1CCCC(c2nnc3n2CCCCC3)C1. The highest BCUT2D eigenvalue weighted by Crippen LogP contribution is 2.29. The van der Waals surface area contributed by atoms with Gasteiger partial charge >= 0.3 is 0 Å². The summed E-state index contributed by atoms with van der Waals surface area (Å²) in [5.74, 6) is 2.75. The van der Waals surface area contributed by atoms with Gasteiger partial charge in [-0.2, -0.15) is 0 Å². The minimum absolute atomic E-state index is 0.183. The number of hydrogen-bond donors (Lipinski definition) is 0. The first-order chi connectivity index (χ1) is 11.7. The van der Waals surface area contributed by atoms with Crippen molar-refractivity contribution in [2.75, 3.05) is 13.1 Å². The molecule has 0 bridgehead atoms. The quantitative estimate of drug-likeness (QED) is 0.839. The van der Waals surface area contributed by atoms with Crippen molar-refractivity contribution in [2.24, 2.45) is 0 Å². The molecule has 0 spiro atoms. The number of aryl methyl sites for hydroxylation is 2. The first-order valence-corrected chi connectivity index (χ1v) is 9.87. The largest absolute Gasteiger partial charge is 0.337 e. The van der Waals surface area contributed by atoms with E-state index in [1.54, 1.807) is 11.3 Å². The van der Waals surface area contributed by atoms with Crippen molar-refractivity contribution in [3.05, 3.63) is 33.5 Å². The van der Waals surface area contributed by atoms with E-state index in [1.807, 2.05) is 23.3 Å². The lowest BCUT2D eigenvalue weighted by molar-refractivity contribution is 0.0707. The monoisotopic (exact) mass is 344 g/mol. The number of rotatable bonds is 2. The van der Waals surface area contributed by atoms with Gasteiger partial charge in [-0.05, 0) is 49.6 Å². The number of carbonyl (C=O) groups excluding carboxylic acids is 1. The molecular formula is C18H24N4OS. The van der Waals surface area contributed by atoms with Crippen LogP contribution in [0.5, 0.6) is 0 Å². The molecule has 2 aromatic rings. The summed E-state index contributed by atoms with van der Waals surface area (Å²) in [6.45, 7) is 4.68. The second kappa shape index (κ2) is 6.67. The van der Waals surface area contributed by atoms with E-state index in [9.17, 15) is 4.79 Å². The van der Waals surface area contributed by atoms with Gasteiger partial charge < -0.3 is 9.47 Å². The number of carbonyl (C=O) groups is 1. The number of nitrogens with zero attached hydrogens (tertiary/aromatic N) is 4. The standard InChI is InChI=1S/C18H24N4OS/c1-13-8-11-24-16(13)18(23)21-9-5-6-14(12-21)17-20-19-15-7-3-2-4-10-22(15)17/h8,11,14H,2-7,9-10,12H2,1H3. The smallest absolute Gasteiger partial charge is 0.264 e. The molecule has 5 nitrogen and oxygen atoms in total. The van der Waals surface area contributed by atoms with E-state index in [-0.39, 0.29) is 5.91 Å². The molecule has 2 aromatic heterocycles. The third-order valence-electron chi connectivity index (χ3n) is 5.27. The second-order valence-electron chi connectivity index (χ2n) is 6.96. The highest BCUT2D eigenvalue weighted by atomic mass is 32.1. The van der Waals surface area contributed by atoms with E-state index in [0.717, 1.165) is 61.0 Å². The van der Waals surface area contributed by atoms with Gasteiger partial charge in [0.2, 0.25) is 0 Å². The zero-order chi connectivity index (χ0) is 16.5. The van der Waals surface area contributed by atoms with Crippen LogP contribution < -0.4 is 0 Å². The van der Waals surface area contributed by atoms with Gasteiger partial charge in [-0.1, -0.05) is 6.42 Å². The molecule has 1 saturated heterocycles. The van der Waals surface area contributed by atoms with Gasteiger partial charge in [0, 0.05) is 32.0 Å². The molecule has 1 fully saturated rings. The second-order valence-corrected chi connectivity index (χ2v) is 7.88. The van der Waals surface area contributed by atoms with Crippen molar-refractivity contribution >= 4 is 17.2 Å². The summed E-state index contributed by atoms with van der Waals surface area (Å²) >= 11 is 1.55. The topological polar surface area (TPSA) is 51.0 Å². The lowest BCUT2D eigenvalue weighted by Gasteiger charge is -2.32. The molecule has 0 saturated carbocycles. The van der Waals surface area contributed by atoms with Gasteiger partial charge in [-0.25, -0.2) is 0 Å². The van der Waals surface area contributed by atoms with Gasteiger partial charge in [0.1, 0.15) is 11.6 Å². The Morgan fingerprint density at radius 3 is 2.96 bits per heavy atom. The molecule has 1 atom stereocenters. The molecule has 24 heavy (non-hydrogen) atoms.